The van der Waals surface area contributed by atoms with Crippen LogP contribution in [-0.4, -0.2) is 33.2 Å². The van der Waals surface area contributed by atoms with Crippen LogP contribution in [0.5, 0.6) is 5.75 Å². The molecule has 2 aromatic carbocycles. The van der Waals surface area contributed by atoms with Gasteiger partial charge in [0.25, 0.3) is 5.91 Å². The Morgan fingerprint density at radius 2 is 1.91 bits per heavy atom. The number of aryl methyl sites for hydroxylation is 1. The highest BCUT2D eigenvalue weighted by Gasteiger charge is 2.18. The fourth-order valence-electron chi connectivity index (χ4n) is 3.71. The van der Waals surface area contributed by atoms with Crippen molar-refractivity contribution in [1.82, 2.24) is 14.8 Å². The zero-order valence-electron chi connectivity index (χ0n) is 17.5. The second-order valence-corrected chi connectivity index (χ2v) is 8.13. The van der Waals surface area contributed by atoms with Crippen LogP contribution in [0.25, 0.3) is 11.4 Å². The molecule has 0 fully saturated rings. The van der Waals surface area contributed by atoms with E-state index in [4.69, 9.17) is 22.1 Å². The minimum Gasteiger partial charge on any atom is -0.484 e. The monoisotopic (exact) mass is 453 g/mol. The lowest BCUT2D eigenvalue weighted by atomic mass is 10.1. The zero-order valence-corrected chi connectivity index (χ0v) is 18.3. The molecule has 0 aliphatic carbocycles. The highest BCUT2D eigenvalue weighted by atomic mass is 35.5. The summed E-state index contributed by atoms with van der Waals surface area (Å²) in [4.78, 5) is 23.4. The second kappa shape index (κ2) is 9.82. The molecule has 0 atom stereocenters. The van der Waals surface area contributed by atoms with Crippen LogP contribution in [0, 0.1) is 0 Å². The average Bonchev–Trinajstić information content (AvgIpc) is 3.02. The summed E-state index contributed by atoms with van der Waals surface area (Å²) in [6, 6.07) is 12.2. The number of hydrogen-bond acceptors (Lipinski definition) is 5. The highest BCUT2D eigenvalue weighted by molar-refractivity contribution is 6.33. The number of halogens is 1. The summed E-state index contributed by atoms with van der Waals surface area (Å²) in [5.74, 6) is 1.51. The minimum absolute atomic E-state index is 0.159. The van der Waals surface area contributed by atoms with E-state index >= 15 is 0 Å². The first kappa shape index (κ1) is 21.8. The predicted molar refractivity (Wildman–Crippen MR) is 121 cm³/mol. The fourth-order valence-corrected chi connectivity index (χ4v) is 3.91. The van der Waals surface area contributed by atoms with Crippen LogP contribution < -0.4 is 15.8 Å². The maximum absolute atomic E-state index is 12.4. The molecule has 0 saturated carbocycles. The summed E-state index contributed by atoms with van der Waals surface area (Å²) in [6.07, 6.45) is 4.42. The van der Waals surface area contributed by atoms with Crippen molar-refractivity contribution in [2.45, 2.75) is 38.6 Å². The number of benzene rings is 2. The summed E-state index contributed by atoms with van der Waals surface area (Å²) in [6.45, 7) is 0.699. The van der Waals surface area contributed by atoms with E-state index in [1.807, 2.05) is 0 Å². The van der Waals surface area contributed by atoms with Crippen molar-refractivity contribution < 1.29 is 14.3 Å². The second-order valence-electron chi connectivity index (χ2n) is 7.72. The Labute approximate surface area is 190 Å². The van der Waals surface area contributed by atoms with Gasteiger partial charge in [0.15, 0.2) is 12.4 Å². The summed E-state index contributed by atoms with van der Waals surface area (Å²) in [5.41, 5.74) is 7.30. The number of carbonyl (C=O) groups is 2. The van der Waals surface area contributed by atoms with E-state index in [1.54, 1.807) is 42.5 Å². The number of amides is 2. The van der Waals surface area contributed by atoms with Crippen molar-refractivity contribution in [3.8, 4) is 17.1 Å². The summed E-state index contributed by atoms with van der Waals surface area (Å²) in [5, 5.41) is 12.1. The van der Waals surface area contributed by atoms with Crippen LogP contribution in [0.15, 0.2) is 42.5 Å². The van der Waals surface area contributed by atoms with Gasteiger partial charge in [-0.25, -0.2) is 0 Å². The molecule has 0 spiro atoms. The van der Waals surface area contributed by atoms with E-state index in [0.29, 0.717) is 16.5 Å². The van der Waals surface area contributed by atoms with Gasteiger partial charge in [-0.15, -0.1) is 10.2 Å². The minimum atomic E-state index is -0.400. The third kappa shape index (κ3) is 5.26. The molecule has 0 unspecified atom stereocenters. The number of fused-ring (bicyclic) bond motifs is 1. The molecule has 1 aliphatic rings. The van der Waals surface area contributed by atoms with E-state index in [9.17, 15) is 9.59 Å². The van der Waals surface area contributed by atoms with Crippen LogP contribution >= 0.6 is 11.6 Å². The highest BCUT2D eigenvalue weighted by Crippen LogP contribution is 2.31. The number of nitrogens with zero attached hydrogens (tertiary/aromatic N) is 3. The molecule has 166 valence electrons. The molecule has 0 radical (unpaired) electrons. The number of primary amides is 1. The van der Waals surface area contributed by atoms with Gasteiger partial charge >= 0.3 is 0 Å². The molecule has 0 bridgehead atoms. The number of carbonyl (C=O) groups excluding carboxylic acids is 2. The Balaban J connectivity index is 1.41. The van der Waals surface area contributed by atoms with Gasteiger partial charge in [0.2, 0.25) is 5.91 Å². The Morgan fingerprint density at radius 3 is 2.69 bits per heavy atom. The van der Waals surface area contributed by atoms with Gasteiger partial charge < -0.3 is 20.4 Å². The van der Waals surface area contributed by atoms with E-state index in [-0.39, 0.29) is 18.9 Å². The third-order valence-corrected chi connectivity index (χ3v) is 5.60. The van der Waals surface area contributed by atoms with Gasteiger partial charge in [0, 0.05) is 24.2 Å². The number of anilines is 1. The van der Waals surface area contributed by atoms with Crippen LogP contribution in [0.4, 0.5) is 5.69 Å². The van der Waals surface area contributed by atoms with Crippen molar-refractivity contribution in [2.75, 3.05) is 11.9 Å². The Kier molecular flexibility index (Phi) is 6.70. The molecule has 1 aromatic heterocycles. The lowest BCUT2D eigenvalue weighted by molar-refractivity contribution is -0.118. The van der Waals surface area contributed by atoms with Crippen LogP contribution in [0.2, 0.25) is 5.02 Å². The summed E-state index contributed by atoms with van der Waals surface area (Å²) < 4.78 is 7.65. The zero-order chi connectivity index (χ0) is 22.5. The Bertz CT molecular complexity index is 1130. The lowest BCUT2D eigenvalue weighted by Gasteiger charge is -2.12. The molecule has 1 aliphatic heterocycles. The fraction of sp³-hybridized carbons (Fsp3) is 0.304. The Hall–Kier alpha value is -3.39. The number of nitrogens with one attached hydrogen (secondary N) is 1. The standard InChI is InChI=1S/C23H24ClN5O3/c24-19-10-7-16(13-18(19)23-28-27-21-4-2-1-3-11-29(21)23)26-22(31)14-32-17-8-5-15(6-9-17)12-20(25)30/h5-10,13H,1-4,11-12,14H2,(H2,25,30)(H,26,31). The number of ether oxygens (including phenoxy) is 1. The molecule has 9 heteroatoms. The van der Waals surface area contributed by atoms with Crippen molar-refractivity contribution in [3.63, 3.8) is 0 Å². The van der Waals surface area contributed by atoms with E-state index in [1.165, 1.54) is 6.42 Å². The normalized spacial score (nSPS) is 13.2. The van der Waals surface area contributed by atoms with Crippen LogP contribution in [-0.2, 0) is 29.0 Å². The largest absolute Gasteiger partial charge is 0.484 e. The number of aromatic nitrogens is 3. The first-order valence-corrected chi connectivity index (χ1v) is 10.9. The van der Waals surface area contributed by atoms with Crippen molar-refractivity contribution in [1.29, 1.82) is 0 Å². The van der Waals surface area contributed by atoms with Gasteiger partial charge in [-0.3, -0.25) is 9.59 Å². The lowest BCUT2D eigenvalue weighted by Crippen LogP contribution is -2.20. The van der Waals surface area contributed by atoms with Crippen LogP contribution in [0.3, 0.4) is 0 Å². The molecular formula is C23H24ClN5O3. The van der Waals surface area contributed by atoms with Crippen molar-refractivity contribution in [2.24, 2.45) is 5.73 Å². The quantitative estimate of drug-likeness (QED) is 0.569. The van der Waals surface area contributed by atoms with Gasteiger partial charge in [-0.1, -0.05) is 30.2 Å². The smallest absolute Gasteiger partial charge is 0.262 e. The molecule has 2 heterocycles. The molecule has 32 heavy (non-hydrogen) atoms. The van der Waals surface area contributed by atoms with Crippen LogP contribution in [0.1, 0.15) is 30.7 Å². The summed E-state index contributed by atoms with van der Waals surface area (Å²) >= 11 is 6.45. The van der Waals surface area contributed by atoms with E-state index < -0.39 is 5.91 Å². The molecule has 2 amide bonds. The maximum atomic E-state index is 12.4. The molecule has 3 aromatic rings. The topological polar surface area (TPSA) is 112 Å². The number of hydrogen-bond donors (Lipinski definition) is 2. The van der Waals surface area contributed by atoms with Crippen molar-refractivity contribution in [3.05, 3.63) is 58.9 Å². The molecule has 4 rings (SSSR count). The summed E-state index contributed by atoms with van der Waals surface area (Å²) in [7, 11) is 0. The molecular weight excluding hydrogens is 430 g/mol. The first-order chi connectivity index (χ1) is 15.5. The first-order valence-electron chi connectivity index (χ1n) is 10.5. The number of nitrogens with two attached hydrogens (primary N) is 1. The van der Waals surface area contributed by atoms with Gasteiger partial charge in [0.05, 0.1) is 11.4 Å². The molecule has 8 nitrogen and oxygen atoms in total. The van der Waals surface area contributed by atoms with E-state index in [2.05, 4.69) is 20.1 Å². The predicted octanol–water partition coefficient (Wildman–Crippen LogP) is 3.37. The number of rotatable bonds is 7. The molecule has 0 saturated heterocycles. The Morgan fingerprint density at radius 1 is 1.09 bits per heavy atom. The van der Waals surface area contributed by atoms with Crippen molar-refractivity contribution >= 4 is 29.1 Å². The SMILES string of the molecule is NC(=O)Cc1ccc(OCC(=O)Nc2ccc(Cl)c(-c3nnc4n3CCCCC4)c2)cc1. The molecule has 3 N–H and O–H groups in total. The average molecular weight is 454 g/mol. The van der Waals surface area contributed by atoms with Gasteiger partial charge in [0.1, 0.15) is 11.6 Å². The van der Waals surface area contributed by atoms with Gasteiger partial charge in [-0.05, 0) is 48.7 Å². The van der Waals surface area contributed by atoms with E-state index in [0.717, 1.165) is 48.6 Å². The van der Waals surface area contributed by atoms with Gasteiger partial charge in [-0.2, -0.15) is 0 Å². The maximum Gasteiger partial charge on any atom is 0.262 e. The third-order valence-electron chi connectivity index (χ3n) is 5.27.